The lowest BCUT2D eigenvalue weighted by Gasteiger charge is -2.41. The van der Waals surface area contributed by atoms with Crippen LogP contribution < -0.4 is 5.32 Å². The number of rotatable bonds is 6. The molecule has 0 unspecified atom stereocenters. The van der Waals surface area contributed by atoms with Crippen LogP contribution in [0.5, 0.6) is 0 Å². The molecular formula is C20H32N2O2. The Hall–Kier alpha value is -0.940. The van der Waals surface area contributed by atoms with Crippen molar-refractivity contribution in [3.05, 3.63) is 35.9 Å². The summed E-state index contributed by atoms with van der Waals surface area (Å²) in [5, 5.41) is 3.81. The molecule has 1 aromatic carbocycles. The Balaban J connectivity index is 1.53. The van der Waals surface area contributed by atoms with Crippen molar-refractivity contribution in [2.45, 2.75) is 44.4 Å². The highest BCUT2D eigenvalue weighted by Gasteiger charge is 2.34. The molecule has 4 nitrogen and oxygen atoms in total. The quantitative estimate of drug-likeness (QED) is 0.868. The first-order valence-corrected chi connectivity index (χ1v) is 9.32. The van der Waals surface area contributed by atoms with Crippen molar-refractivity contribution in [2.24, 2.45) is 5.92 Å². The zero-order chi connectivity index (χ0) is 16.8. The van der Waals surface area contributed by atoms with Crippen molar-refractivity contribution in [3.8, 4) is 0 Å². The molecular weight excluding hydrogens is 300 g/mol. The van der Waals surface area contributed by atoms with Gasteiger partial charge in [0, 0.05) is 65.4 Å². The predicted octanol–water partition coefficient (Wildman–Crippen LogP) is 2.68. The van der Waals surface area contributed by atoms with E-state index in [1.807, 2.05) is 7.11 Å². The molecule has 24 heavy (non-hydrogen) atoms. The number of hydrogen-bond donors (Lipinski definition) is 1. The summed E-state index contributed by atoms with van der Waals surface area (Å²) in [7, 11) is 1.85. The molecule has 1 aromatic rings. The maximum Gasteiger partial charge on any atom is 0.0846 e. The Bertz CT molecular complexity index is 488. The van der Waals surface area contributed by atoms with Gasteiger partial charge < -0.3 is 14.8 Å². The SMILES string of the molecule is COC1(CN[C@@H]2C[C@H](C)CN(Cc3ccccc3)C2)CCOCC1. The van der Waals surface area contributed by atoms with E-state index in [0.717, 1.165) is 51.6 Å². The normalized spacial score (nSPS) is 27.9. The molecule has 0 spiro atoms. The van der Waals surface area contributed by atoms with E-state index >= 15 is 0 Å². The van der Waals surface area contributed by atoms with Gasteiger partial charge in [0.2, 0.25) is 0 Å². The summed E-state index contributed by atoms with van der Waals surface area (Å²) >= 11 is 0. The van der Waals surface area contributed by atoms with E-state index in [2.05, 4.69) is 47.5 Å². The van der Waals surface area contributed by atoms with Gasteiger partial charge in [-0.3, -0.25) is 4.90 Å². The van der Waals surface area contributed by atoms with E-state index in [1.165, 1.54) is 18.5 Å². The van der Waals surface area contributed by atoms with Crippen LogP contribution >= 0.6 is 0 Å². The molecule has 2 aliphatic rings. The van der Waals surface area contributed by atoms with Crippen molar-refractivity contribution in [3.63, 3.8) is 0 Å². The fourth-order valence-electron chi connectivity index (χ4n) is 4.11. The van der Waals surface area contributed by atoms with Crippen molar-refractivity contribution in [1.82, 2.24) is 10.2 Å². The lowest BCUT2D eigenvalue weighted by Crippen LogP contribution is -2.54. The maximum atomic E-state index is 5.86. The number of benzene rings is 1. The molecule has 2 atom stereocenters. The zero-order valence-electron chi connectivity index (χ0n) is 15.2. The minimum absolute atomic E-state index is 0.0385. The number of likely N-dealkylation sites (tertiary alicyclic amines) is 1. The second-order valence-corrected chi connectivity index (χ2v) is 7.60. The van der Waals surface area contributed by atoms with E-state index < -0.39 is 0 Å². The first-order chi connectivity index (χ1) is 11.7. The number of methoxy groups -OCH3 is 1. The van der Waals surface area contributed by atoms with Crippen LogP contribution in [0.4, 0.5) is 0 Å². The molecule has 0 bridgehead atoms. The van der Waals surface area contributed by atoms with Gasteiger partial charge in [-0.2, -0.15) is 0 Å². The van der Waals surface area contributed by atoms with Gasteiger partial charge in [0.15, 0.2) is 0 Å². The van der Waals surface area contributed by atoms with E-state index in [-0.39, 0.29) is 5.60 Å². The average Bonchev–Trinajstić information content (AvgIpc) is 2.61. The highest BCUT2D eigenvalue weighted by Crippen LogP contribution is 2.25. The molecule has 2 heterocycles. The predicted molar refractivity (Wildman–Crippen MR) is 97.1 cm³/mol. The Morgan fingerprint density at radius 3 is 2.67 bits per heavy atom. The summed E-state index contributed by atoms with van der Waals surface area (Å²) < 4.78 is 11.4. The molecule has 134 valence electrons. The smallest absolute Gasteiger partial charge is 0.0846 e. The molecule has 4 heteroatoms. The minimum Gasteiger partial charge on any atom is -0.381 e. The zero-order valence-corrected chi connectivity index (χ0v) is 15.2. The molecule has 0 amide bonds. The van der Waals surface area contributed by atoms with Crippen LogP contribution in [0, 0.1) is 5.92 Å². The molecule has 0 saturated carbocycles. The van der Waals surface area contributed by atoms with Gasteiger partial charge in [-0.25, -0.2) is 0 Å². The molecule has 0 aromatic heterocycles. The molecule has 2 aliphatic heterocycles. The molecule has 3 rings (SSSR count). The minimum atomic E-state index is -0.0385. The second kappa shape index (κ2) is 8.43. The third-order valence-electron chi connectivity index (χ3n) is 5.53. The molecule has 1 N–H and O–H groups in total. The fourth-order valence-corrected chi connectivity index (χ4v) is 4.11. The van der Waals surface area contributed by atoms with Crippen LogP contribution in [0.2, 0.25) is 0 Å². The van der Waals surface area contributed by atoms with Gasteiger partial charge in [0.05, 0.1) is 5.60 Å². The Labute approximate surface area is 146 Å². The van der Waals surface area contributed by atoms with Crippen molar-refractivity contribution in [1.29, 1.82) is 0 Å². The van der Waals surface area contributed by atoms with Crippen LogP contribution in [0.1, 0.15) is 31.7 Å². The average molecular weight is 332 g/mol. The number of ether oxygens (including phenoxy) is 2. The molecule has 0 radical (unpaired) electrons. The van der Waals surface area contributed by atoms with Gasteiger partial charge in [-0.05, 0) is 17.9 Å². The monoisotopic (exact) mass is 332 g/mol. The highest BCUT2D eigenvalue weighted by molar-refractivity contribution is 5.14. The number of nitrogens with zero attached hydrogens (tertiary/aromatic N) is 1. The summed E-state index contributed by atoms with van der Waals surface area (Å²) in [5.74, 6) is 0.730. The summed E-state index contributed by atoms with van der Waals surface area (Å²) in [5.41, 5.74) is 1.37. The highest BCUT2D eigenvalue weighted by atomic mass is 16.5. The fraction of sp³-hybridized carbons (Fsp3) is 0.700. The first kappa shape index (κ1) is 17.9. The number of piperidine rings is 1. The summed E-state index contributed by atoms with van der Waals surface area (Å²) in [6.45, 7) is 8.29. The number of hydrogen-bond acceptors (Lipinski definition) is 4. The van der Waals surface area contributed by atoms with Gasteiger partial charge in [0.25, 0.3) is 0 Å². The largest absolute Gasteiger partial charge is 0.381 e. The van der Waals surface area contributed by atoms with E-state index in [0.29, 0.717) is 6.04 Å². The van der Waals surface area contributed by atoms with E-state index in [4.69, 9.17) is 9.47 Å². The number of nitrogens with one attached hydrogen (secondary N) is 1. The van der Waals surface area contributed by atoms with Crippen LogP contribution in [-0.4, -0.2) is 56.5 Å². The van der Waals surface area contributed by atoms with Crippen molar-refractivity contribution >= 4 is 0 Å². The Morgan fingerprint density at radius 2 is 1.96 bits per heavy atom. The topological polar surface area (TPSA) is 33.7 Å². The maximum absolute atomic E-state index is 5.86. The first-order valence-electron chi connectivity index (χ1n) is 9.32. The Morgan fingerprint density at radius 1 is 1.21 bits per heavy atom. The summed E-state index contributed by atoms with van der Waals surface area (Å²) in [4.78, 5) is 2.59. The van der Waals surface area contributed by atoms with E-state index in [9.17, 15) is 0 Å². The Kier molecular flexibility index (Phi) is 6.28. The summed E-state index contributed by atoms with van der Waals surface area (Å²) in [6.07, 6.45) is 3.24. The van der Waals surface area contributed by atoms with Crippen LogP contribution in [0.3, 0.4) is 0 Å². The van der Waals surface area contributed by atoms with Crippen molar-refractivity contribution in [2.75, 3.05) is 40.0 Å². The third-order valence-corrected chi connectivity index (χ3v) is 5.53. The summed E-state index contributed by atoms with van der Waals surface area (Å²) in [6, 6.07) is 11.3. The molecule has 2 fully saturated rings. The lowest BCUT2D eigenvalue weighted by atomic mass is 9.91. The van der Waals surface area contributed by atoms with E-state index in [1.54, 1.807) is 0 Å². The van der Waals surface area contributed by atoms with Crippen molar-refractivity contribution < 1.29 is 9.47 Å². The standard InChI is InChI=1S/C20H32N2O2/c1-17-12-19(21-16-20(23-2)8-10-24-11-9-20)15-22(13-17)14-18-6-4-3-5-7-18/h3-7,17,19,21H,8-16H2,1-2H3/t17-,19+/m0/s1. The second-order valence-electron chi connectivity index (χ2n) is 7.60. The van der Waals surface area contributed by atoms with Crippen LogP contribution in [0.15, 0.2) is 30.3 Å². The molecule has 2 saturated heterocycles. The van der Waals surface area contributed by atoms with Gasteiger partial charge >= 0.3 is 0 Å². The van der Waals surface area contributed by atoms with Gasteiger partial charge in [-0.15, -0.1) is 0 Å². The van der Waals surface area contributed by atoms with Crippen LogP contribution in [-0.2, 0) is 16.0 Å². The van der Waals surface area contributed by atoms with Crippen LogP contribution in [0.25, 0.3) is 0 Å². The molecule has 0 aliphatic carbocycles. The third kappa shape index (κ3) is 4.79. The lowest BCUT2D eigenvalue weighted by molar-refractivity contribution is -0.0896. The van der Waals surface area contributed by atoms with Gasteiger partial charge in [-0.1, -0.05) is 37.3 Å². The van der Waals surface area contributed by atoms with Gasteiger partial charge in [0.1, 0.15) is 0 Å².